The van der Waals surface area contributed by atoms with E-state index in [4.69, 9.17) is 0 Å². The first-order valence-electron chi connectivity index (χ1n) is 6.63. The normalized spacial score (nSPS) is 12.1. The molecule has 0 saturated heterocycles. The number of unbranched alkanes of at least 4 members (excludes halogenated alkanes) is 1. The van der Waals surface area contributed by atoms with Crippen molar-refractivity contribution in [3.63, 3.8) is 0 Å². The number of hydrogen-bond acceptors (Lipinski definition) is 2. The molecule has 0 spiro atoms. The lowest BCUT2D eigenvalue weighted by Crippen LogP contribution is -2.35. The first kappa shape index (κ1) is 14.2. The van der Waals surface area contributed by atoms with Crippen LogP contribution in [0.3, 0.4) is 0 Å². The van der Waals surface area contributed by atoms with Crippen LogP contribution in [0.5, 0.6) is 0 Å². The van der Waals surface area contributed by atoms with Gasteiger partial charge in [0.1, 0.15) is 0 Å². The van der Waals surface area contributed by atoms with E-state index in [2.05, 4.69) is 56.6 Å². The molecule has 1 rings (SSSR count). The second-order valence-corrected chi connectivity index (χ2v) is 5.83. The maximum absolute atomic E-state index is 4.63. The molecule has 98 valence electrons. The zero-order chi connectivity index (χ0) is 13.1. The Hall–Kier alpha value is -0.830. The molecule has 0 aliphatic rings. The van der Waals surface area contributed by atoms with Crippen molar-refractivity contribution in [2.45, 2.75) is 73.0 Å². The molecule has 3 nitrogen and oxygen atoms in total. The third kappa shape index (κ3) is 4.15. The third-order valence-corrected chi connectivity index (χ3v) is 3.05. The highest BCUT2D eigenvalue weighted by atomic mass is 15.3. The van der Waals surface area contributed by atoms with Gasteiger partial charge in [0.2, 0.25) is 0 Å². The number of rotatable bonds is 5. The van der Waals surface area contributed by atoms with Crippen LogP contribution in [0.25, 0.3) is 0 Å². The van der Waals surface area contributed by atoms with Crippen LogP contribution >= 0.6 is 0 Å². The number of aromatic nitrogens is 2. The predicted octanol–water partition coefficient (Wildman–Crippen LogP) is 3.19. The summed E-state index contributed by atoms with van der Waals surface area (Å²) in [6.45, 7) is 15.0. The Morgan fingerprint density at radius 2 is 1.88 bits per heavy atom. The second-order valence-electron chi connectivity index (χ2n) is 5.83. The summed E-state index contributed by atoms with van der Waals surface area (Å²) in [5, 5.41) is 8.16. The van der Waals surface area contributed by atoms with E-state index in [1.54, 1.807) is 0 Å². The van der Waals surface area contributed by atoms with Gasteiger partial charge in [-0.3, -0.25) is 4.68 Å². The monoisotopic (exact) mass is 237 g/mol. The highest BCUT2D eigenvalue weighted by Crippen LogP contribution is 2.15. The topological polar surface area (TPSA) is 29.9 Å². The van der Waals surface area contributed by atoms with Gasteiger partial charge in [0.15, 0.2) is 0 Å². The van der Waals surface area contributed by atoms with Gasteiger partial charge in [-0.1, -0.05) is 13.3 Å². The Morgan fingerprint density at radius 3 is 2.41 bits per heavy atom. The van der Waals surface area contributed by atoms with Gasteiger partial charge in [-0.15, -0.1) is 0 Å². The van der Waals surface area contributed by atoms with E-state index in [1.807, 2.05) is 0 Å². The maximum atomic E-state index is 4.63. The summed E-state index contributed by atoms with van der Waals surface area (Å²) in [6, 6.07) is 0. The Labute approximate surface area is 106 Å². The van der Waals surface area contributed by atoms with Crippen LogP contribution in [-0.4, -0.2) is 15.3 Å². The molecular formula is C14H27N3. The average Bonchev–Trinajstić information content (AvgIpc) is 2.47. The lowest BCUT2D eigenvalue weighted by Gasteiger charge is -2.20. The standard InChI is InChI=1S/C14H27N3/c1-7-8-9-17-12(3)13(11(2)16-17)10-15-14(4,5)6/h15H,7-10H2,1-6H3. The zero-order valence-corrected chi connectivity index (χ0v) is 12.2. The molecule has 3 heteroatoms. The summed E-state index contributed by atoms with van der Waals surface area (Å²) in [5.74, 6) is 0. The largest absolute Gasteiger partial charge is 0.308 e. The van der Waals surface area contributed by atoms with Gasteiger partial charge in [-0.05, 0) is 41.0 Å². The van der Waals surface area contributed by atoms with Crippen molar-refractivity contribution >= 4 is 0 Å². The summed E-state index contributed by atoms with van der Waals surface area (Å²) >= 11 is 0. The molecule has 0 unspecified atom stereocenters. The first-order valence-corrected chi connectivity index (χ1v) is 6.63. The molecule has 0 saturated carbocycles. The van der Waals surface area contributed by atoms with E-state index in [-0.39, 0.29) is 5.54 Å². The molecule has 1 heterocycles. The summed E-state index contributed by atoms with van der Waals surface area (Å²) < 4.78 is 2.15. The summed E-state index contributed by atoms with van der Waals surface area (Å²) in [6.07, 6.45) is 2.42. The minimum atomic E-state index is 0.157. The fourth-order valence-electron chi connectivity index (χ4n) is 1.87. The van der Waals surface area contributed by atoms with Crippen LogP contribution in [0.2, 0.25) is 0 Å². The fourth-order valence-corrected chi connectivity index (χ4v) is 1.87. The van der Waals surface area contributed by atoms with Gasteiger partial charge in [-0.2, -0.15) is 5.10 Å². The SMILES string of the molecule is CCCCn1nc(C)c(CNC(C)(C)C)c1C. The van der Waals surface area contributed by atoms with Crippen LogP contribution < -0.4 is 5.32 Å². The maximum Gasteiger partial charge on any atom is 0.0641 e. The number of hydrogen-bond donors (Lipinski definition) is 1. The van der Waals surface area contributed by atoms with Gasteiger partial charge in [0, 0.05) is 29.9 Å². The van der Waals surface area contributed by atoms with Gasteiger partial charge in [0.25, 0.3) is 0 Å². The summed E-state index contributed by atoms with van der Waals surface area (Å²) in [4.78, 5) is 0. The number of nitrogens with one attached hydrogen (secondary N) is 1. The molecule has 0 aromatic carbocycles. The Morgan fingerprint density at radius 1 is 1.24 bits per heavy atom. The van der Waals surface area contributed by atoms with E-state index >= 15 is 0 Å². The van der Waals surface area contributed by atoms with Gasteiger partial charge < -0.3 is 5.32 Å². The summed E-state index contributed by atoms with van der Waals surface area (Å²) in [7, 11) is 0. The van der Waals surface area contributed by atoms with E-state index in [0.717, 1.165) is 18.8 Å². The van der Waals surface area contributed by atoms with E-state index in [1.165, 1.54) is 24.1 Å². The van der Waals surface area contributed by atoms with Crippen LogP contribution in [0.4, 0.5) is 0 Å². The molecule has 17 heavy (non-hydrogen) atoms. The molecule has 1 N–H and O–H groups in total. The highest BCUT2D eigenvalue weighted by Gasteiger charge is 2.14. The first-order chi connectivity index (χ1) is 7.85. The van der Waals surface area contributed by atoms with Crippen molar-refractivity contribution in [3.05, 3.63) is 17.0 Å². The number of aryl methyl sites for hydroxylation is 2. The Bertz CT molecular complexity index is 358. The molecule has 0 radical (unpaired) electrons. The lowest BCUT2D eigenvalue weighted by atomic mass is 10.1. The molecule has 0 bridgehead atoms. The molecular weight excluding hydrogens is 210 g/mol. The van der Waals surface area contributed by atoms with Crippen LogP contribution in [0.1, 0.15) is 57.5 Å². The Kier molecular flexibility index (Phi) is 4.75. The van der Waals surface area contributed by atoms with Crippen molar-refractivity contribution < 1.29 is 0 Å². The molecule has 0 amide bonds. The molecule has 0 aliphatic carbocycles. The minimum Gasteiger partial charge on any atom is -0.308 e. The van der Waals surface area contributed by atoms with Gasteiger partial charge in [0.05, 0.1) is 5.69 Å². The smallest absolute Gasteiger partial charge is 0.0641 e. The van der Waals surface area contributed by atoms with Crippen LogP contribution in [-0.2, 0) is 13.1 Å². The lowest BCUT2D eigenvalue weighted by molar-refractivity contribution is 0.423. The van der Waals surface area contributed by atoms with Crippen molar-refractivity contribution in [2.75, 3.05) is 0 Å². The van der Waals surface area contributed by atoms with Crippen LogP contribution in [0.15, 0.2) is 0 Å². The molecule has 1 aromatic heterocycles. The van der Waals surface area contributed by atoms with Crippen molar-refractivity contribution in [1.29, 1.82) is 0 Å². The Balaban J connectivity index is 2.75. The average molecular weight is 237 g/mol. The molecule has 0 aliphatic heterocycles. The minimum absolute atomic E-state index is 0.157. The van der Waals surface area contributed by atoms with E-state index in [9.17, 15) is 0 Å². The van der Waals surface area contributed by atoms with Gasteiger partial charge in [-0.25, -0.2) is 0 Å². The third-order valence-electron chi connectivity index (χ3n) is 3.05. The second kappa shape index (κ2) is 5.67. The van der Waals surface area contributed by atoms with Gasteiger partial charge >= 0.3 is 0 Å². The molecule has 1 aromatic rings. The van der Waals surface area contributed by atoms with Crippen molar-refractivity contribution in [1.82, 2.24) is 15.1 Å². The van der Waals surface area contributed by atoms with Crippen molar-refractivity contribution in [3.8, 4) is 0 Å². The number of nitrogens with zero attached hydrogens (tertiary/aromatic N) is 2. The van der Waals surface area contributed by atoms with Crippen LogP contribution in [0, 0.1) is 13.8 Å². The van der Waals surface area contributed by atoms with Crippen molar-refractivity contribution in [2.24, 2.45) is 0 Å². The fraction of sp³-hybridized carbons (Fsp3) is 0.786. The summed E-state index contributed by atoms with van der Waals surface area (Å²) in [5.41, 5.74) is 3.99. The quantitative estimate of drug-likeness (QED) is 0.852. The van der Waals surface area contributed by atoms with E-state index in [0.29, 0.717) is 0 Å². The highest BCUT2D eigenvalue weighted by molar-refractivity contribution is 5.24. The van der Waals surface area contributed by atoms with E-state index < -0.39 is 0 Å². The zero-order valence-electron chi connectivity index (χ0n) is 12.2. The predicted molar refractivity (Wildman–Crippen MR) is 73.2 cm³/mol. The molecule has 0 atom stereocenters. The molecule has 0 fully saturated rings.